The van der Waals surface area contributed by atoms with Crippen molar-refractivity contribution < 1.29 is 22.7 Å². The molecule has 0 unspecified atom stereocenters. The third kappa shape index (κ3) is 4.51. The molecule has 0 saturated carbocycles. The molecule has 0 aliphatic carbocycles. The van der Waals surface area contributed by atoms with Gasteiger partial charge in [-0.3, -0.25) is 4.79 Å². The summed E-state index contributed by atoms with van der Waals surface area (Å²) in [5.74, 6) is -1.06. The summed E-state index contributed by atoms with van der Waals surface area (Å²) < 4.78 is 29.9. The molecule has 0 aliphatic rings. The van der Waals surface area contributed by atoms with E-state index in [1.165, 1.54) is 24.3 Å². The van der Waals surface area contributed by atoms with Crippen LogP contribution in [0.1, 0.15) is 28.7 Å². The highest BCUT2D eigenvalue weighted by Gasteiger charge is 2.17. The van der Waals surface area contributed by atoms with Gasteiger partial charge >= 0.3 is 5.97 Å². The molecule has 0 atom stereocenters. The van der Waals surface area contributed by atoms with Gasteiger partial charge in [0.25, 0.3) is 5.91 Å². The Bertz CT molecular complexity index is 927. The molecular weight excluding hydrogens is 356 g/mol. The Kier molecular flexibility index (Phi) is 5.86. The zero-order valence-electron chi connectivity index (χ0n) is 15.2. The quantitative estimate of drug-likeness (QED) is 0.779. The number of nitrogens with one attached hydrogen (secondary N) is 1. The van der Waals surface area contributed by atoms with E-state index in [1.54, 1.807) is 6.07 Å². The minimum atomic E-state index is -3.29. The van der Waals surface area contributed by atoms with Crippen molar-refractivity contribution >= 4 is 27.4 Å². The van der Waals surface area contributed by atoms with Crippen LogP contribution in [0.25, 0.3) is 0 Å². The molecule has 7 nitrogen and oxygen atoms in total. The molecule has 0 fully saturated rings. The van der Waals surface area contributed by atoms with E-state index in [9.17, 15) is 18.0 Å². The third-order valence-electron chi connectivity index (χ3n) is 4.01. The highest BCUT2D eigenvalue weighted by atomic mass is 32.2. The van der Waals surface area contributed by atoms with Crippen LogP contribution < -0.4 is 5.32 Å². The van der Waals surface area contributed by atoms with Gasteiger partial charge in [0.2, 0.25) is 0 Å². The van der Waals surface area contributed by atoms with E-state index in [-0.39, 0.29) is 4.90 Å². The third-order valence-corrected chi connectivity index (χ3v) is 5.14. The molecule has 1 aromatic heterocycles. The minimum absolute atomic E-state index is 0.160. The van der Waals surface area contributed by atoms with Crippen LogP contribution in [0.2, 0.25) is 0 Å². The Morgan fingerprint density at radius 1 is 1.15 bits per heavy atom. The number of aryl methyl sites for hydroxylation is 1. The van der Waals surface area contributed by atoms with Crippen LogP contribution in [0.15, 0.2) is 35.2 Å². The number of sulfone groups is 1. The molecule has 0 saturated heterocycles. The number of esters is 1. The number of carbonyl (C=O) groups is 2. The summed E-state index contributed by atoms with van der Waals surface area (Å²) >= 11 is 0. The van der Waals surface area contributed by atoms with Gasteiger partial charge in [0, 0.05) is 29.9 Å². The molecule has 0 spiro atoms. The number of amides is 1. The molecule has 1 heterocycles. The Morgan fingerprint density at radius 2 is 1.77 bits per heavy atom. The van der Waals surface area contributed by atoms with Crippen LogP contribution in [-0.2, 0) is 25.9 Å². The Labute approximate surface area is 152 Å². The predicted octanol–water partition coefficient (Wildman–Crippen LogP) is 2.32. The number of hydrogen-bond donors (Lipinski definition) is 1. The summed E-state index contributed by atoms with van der Waals surface area (Å²) in [5, 5.41) is 2.55. The molecule has 2 rings (SSSR count). The lowest BCUT2D eigenvalue weighted by atomic mass is 10.2. The van der Waals surface area contributed by atoms with Gasteiger partial charge in [-0.2, -0.15) is 0 Å². The summed E-state index contributed by atoms with van der Waals surface area (Å²) in [5.41, 5.74) is 2.61. The van der Waals surface area contributed by atoms with Crippen molar-refractivity contribution in [2.45, 2.75) is 32.2 Å². The molecular formula is C18H22N2O5S. The summed E-state index contributed by atoms with van der Waals surface area (Å²) in [6, 6.07) is 7.49. The van der Waals surface area contributed by atoms with Gasteiger partial charge in [0.05, 0.1) is 10.5 Å². The second-order valence-corrected chi connectivity index (χ2v) is 7.97. The summed E-state index contributed by atoms with van der Waals surface area (Å²) in [7, 11) is -3.29. The lowest BCUT2D eigenvalue weighted by molar-refractivity contribution is -0.119. The molecule has 8 heteroatoms. The van der Waals surface area contributed by atoms with Crippen molar-refractivity contribution in [2.24, 2.45) is 0 Å². The summed E-state index contributed by atoms with van der Waals surface area (Å²) in [6.45, 7) is 6.03. The van der Waals surface area contributed by atoms with E-state index in [0.29, 0.717) is 11.3 Å². The fourth-order valence-corrected chi connectivity index (χ4v) is 3.32. The molecule has 26 heavy (non-hydrogen) atoms. The second-order valence-electron chi connectivity index (χ2n) is 5.95. The largest absolute Gasteiger partial charge is 0.452 e. The molecule has 2 aromatic rings. The van der Waals surface area contributed by atoms with Gasteiger partial charge in [-0.15, -0.1) is 0 Å². The van der Waals surface area contributed by atoms with Crippen LogP contribution in [0.5, 0.6) is 0 Å². The number of hydrogen-bond acceptors (Lipinski definition) is 5. The van der Waals surface area contributed by atoms with Gasteiger partial charge in [0.1, 0.15) is 0 Å². The smallest absolute Gasteiger partial charge is 0.340 e. The number of ether oxygens (including phenoxy) is 1. The first-order valence-corrected chi connectivity index (χ1v) is 9.96. The number of aromatic nitrogens is 1. The maximum atomic E-state index is 12.2. The lowest BCUT2D eigenvalue weighted by Crippen LogP contribution is -2.21. The Hall–Kier alpha value is -2.61. The molecule has 1 aromatic carbocycles. The Morgan fingerprint density at radius 3 is 2.27 bits per heavy atom. The predicted molar refractivity (Wildman–Crippen MR) is 98.0 cm³/mol. The zero-order chi connectivity index (χ0) is 19.5. The van der Waals surface area contributed by atoms with Gasteiger partial charge in [0.15, 0.2) is 16.4 Å². The summed E-state index contributed by atoms with van der Waals surface area (Å²) in [6.07, 6.45) is 1.11. The van der Waals surface area contributed by atoms with E-state index in [1.807, 2.05) is 25.3 Å². The molecule has 1 N–H and O–H groups in total. The number of anilines is 1. The first-order chi connectivity index (χ1) is 12.1. The van der Waals surface area contributed by atoms with Gasteiger partial charge < -0.3 is 14.6 Å². The molecule has 0 radical (unpaired) electrons. The van der Waals surface area contributed by atoms with Crippen LogP contribution in [0.4, 0.5) is 5.69 Å². The van der Waals surface area contributed by atoms with Crippen molar-refractivity contribution in [3.05, 3.63) is 47.3 Å². The molecule has 140 valence electrons. The fourth-order valence-electron chi connectivity index (χ4n) is 2.69. The molecule has 1 amide bonds. The topological polar surface area (TPSA) is 94.5 Å². The standard InChI is InChI=1S/C18H22N2O5S/c1-5-20-12(2)10-16(13(20)3)18(22)25-11-17(21)19-14-6-8-15(9-7-14)26(4,23)24/h6-10H,5,11H2,1-4H3,(H,19,21). The van der Waals surface area contributed by atoms with Crippen molar-refractivity contribution in [3.8, 4) is 0 Å². The van der Waals surface area contributed by atoms with Crippen LogP contribution >= 0.6 is 0 Å². The molecule has 0 bridgehead atoms. The van der Waals surface area contributed by atoms with Crippen molar-refractivity contribution in [1.29, 1.82) is 0 Å². The van der Waals surface area contributed by atoms with Crippen molar-refractivity contribution in [2.75, 3.05) is 18.2 Å². The van der Waals surface area contributed by atoms with Crippen molar-refractivity contribution in [3.63, 3.8) is 0 Å². The van der Waals surface area contributed by atoms with E-state index >= 15 is 0 Å². The first kappa shape index (κ1) is 19.7. The zero-order valence-corrected chi connectivity index (χ0v) is 16.0. The average molecular weight is 378 g/mol. The maximum absolute atomic E-state index is 12.2. The van der Waals surface area contributed by atoms with Crippen LogP contribution in [0, 0.1) is 13.8 Å². The van der Waals surface area contributed by atoms with Crippen molar-refractivity contribution in [1.82, 2.24) is 4.57 Å². The fraction of sp³-hybridized carbons (Fsp3) is 0.333. The number of rotatable bonds is 6. The normalized spacial score (nSPS) is 11.2. The van der Waals surface area contributed by atoms with E-state index in [2.05, 4.69) is 5.32 Å². The minimum Gasteiger partial charge on any atom is -0.452 e. The highest BCUT2D eigenvalue weighted by Crippen LogP contribution is 2.16. The van der Waals surface area contributed by atoms with Crippen LogP contribution in [0.3, 0.4) is 0 Å². The SMILES string of the molecule is CCn1c(C)cc(C(=O)OCC(=O)Nc2ccc(S(C)(=O)=O)cc2)c1C. The monoisotopic (exact) mass is 378 g/mol. The number of benzene rings is 1. The number of carbonyl (C=O) groups excluding carboxylic acids is 2. The first-order valence-electron chi connectivity index (χ1n) is 8.07. The maximum Gasteiger partial charge on any atom is 0.340 e. The van der Waals surface area contributed by atoms with Crippen LogP contribution in [-0.4, -0.2) is 37.7 Å². The summed E-state index contributed by atoms with van der Waals surface area (Å²) in [4.78, 5) is 24.3. The average Bonchev–Trinajstić information content (AvgIpc) is 2.86. The van der Waals surface area contributed by atoms with E-state index < -0.39 is 28.3 Å². The van der Waals surface area contributed by atoms with E-state index in [0.717, 1.165) is 24.2 Å². The second kappa shape index (κ2) is 7.74. The Balaban J connectivity index is 1.95. The number of nitrogens with zero attached hydrogens (tertiary/aromatic N) is 1. The highest BCUT2D eigenvalue weighted by molar-refractivity contribution is 7.90. The lowest BCUT2D eigenvalue weighted by Gasteiger charge is -2.08. The van der Waals surface area contributed by atoms with Gasteiger partial charge in [-0.05, 0) is 51.1 Å². The molecule has 0 aliphatic heterocycles. The van der Waals surface area contributed by atoms with Gasteiger partial charge in [-0.1, -0.05) is 0 Å². The van der Waals surface area contributed by atoms with Gasteiger partial charge in [-0.25, -0.2) is 13.2 Å². The van der Waals surface area contributed by atoms with E-state index in [4.69, 9.17) is 4.74 Å².